The number of nitrogen functional groups attached to an aromatic ring is 1. The van der Waals surface area contributed by atoms with Crippen molar-refractivity contribution in [2.24, 2.45) is 0 Å². The number of rotatable bonds is 5. The van der Waals surface area contributed by atoms with Gasteiger partial charge in [0.15, 0.2) is 0 Å². The third-order valence-electron chi connectivity index (χ3n) is 3.81. The van der Waals surface area contributed by atoms with Crippen LogP contribution >= 0.6 is 0 Å². The molecule has 1 aromatic rings. The SMILES string of the molecule is CC(CNC(=O)c1ccc(N)c([N+](=O)[O-])c1)N1CCCC1. The molecule has 7 heteroatoms. The summed E-state index contributed by atoms with van der Waals surface area (Å²) in [5.41, 5.74) is 5.59. The summed E-state index contributed by atoms with van der Waals surface area (Å²) in [4.78, 5) is 24.6. The molecule has 0 radical (unpaired) electrons. The highest BCUT2D eigenvalue weighted by Gasteiger charge is 2.20. The van der Waals surface area contributed by atoms with E-state index in [1.807, 2.05) is 0 Å². The predicted octanol–water partition coefficient (Wildman–Crippen LogP) is 1.39. The first-order valence-electron chi connectivity index (χ1n) is 7.05. The number of nitrogens with one attached hydrogen (secondary N) is 1. The molecule has 0 aliphatic carbocycles. The first-order chi connectivity index (χ1) is 9.99. The van der Waals surface area contributed by atoms with Gasteiger partial charge in [0.05, 0.1) is 4.92 Å². The quantitative estimate of drug-likeness (QED) is 0.485. The van der Waals surface area contributed by atoms with E-state index in [-0.39, 0.29) is 28.9 Å². The summed E-state index contributed by atoms with van der Waals surface area (Å²) in [6.07, 6.45) is 2.39. The maximum absolute atomic E-state index is 12.1. The van der Waals surface area contributed by atoms with E-state index >= 15 is 0 Å². The minimum Gasteiger partial charge on any atom is -0.393 e. The van der Waals surface area contributed by atoms with Gasteiger partial charge in [0.25, 0.3) is 11.6 Å². The lowest BCUT2D eigenvalue weighted by Gasteiger charge is -2.23. The van der Waals surface area contributed by atoms with E-state index in [4.69, 9.17) is 5.73 Å². The molecule has 1 amide bonds. The summed E-state index contributed by atoms with van der Waals surface area (Å²) in [5, 5.41) is 13.6. The summed E-state index contributed by atoms with van der Waals surface area (Å²) in [7, 11) is 0. The minimum atomic E-state index is -0.584. The van der Waals surface area contributed by atoms with E-state index < -0.39 is 4.92 Å². The fourth-order valence-corrected chi connectivity index (χ4v) is 2.50. The molecule has 0 saturated carbocycles. The number of anilines is 1. The molecule has 1 atom stereocenters. The molecule has 1 saturated heterocycles. The van der Waals surface area contributed by atoms with Gasteiger partial charge >= 0.3 is 0 Å². The summed E-state index contributed by atoms with van der Waals surface area (Å²) in [5.74, 6) is -0.316. The van der Waals surface area contributed by atoms with Gasteiger partial charge in [-0.15, -0.1) is 0 Å². The van der Waals surface area contributed by atoms with Crippen molar-refractivity contribution in [2.75, 3.05) is 25.4 Å². The lowest BCUT2D eigenvalue weighted by Crippen LogP contribution is -2.40. The van der Waals surface area contributed by atoms with Crippen LogP contribution < -0.4 is 11.1 Å². The summed E-state index contributed by atoms with van der Waals surface area (Å²) in [6.45, 7) is 4.71. The van der Waals surface area contributed by atoms with Crippen molar-refractivity contribution in [1.82, 2.24) is 10.2 Å². The van der Waals surface area contributed by atoms with Crippen LogP contribution in [0.3, 0.4) is 0 Å². The number of carbonyl (C=O) groups is 1. The van der Waals surface area contributed by atoms with Crippen molar-refractivity contribution in [3.63, 3.8) is 0 Å². The minimum absolute atomic E-state index is 0.0574. The highest BCUT2D eigenvalue weighted by molar-refractivity contribution is 5.95. The second-order valence-electron chi connectivity index (χ2n) is 5.33. The average Bonchev–Trinajstić information content (AvgIpc) is 2.98. The van der Waals surface area contributed by atoms with Gasteiger partial charge in [-0.3, -0.25) is 19.8 Å². The van der Waals surface area contributed by atoms with E-state index in [1.165, 1.54) is 31.0 Å². The summed E-state index contributed by atoms with van der Waals surface area (Å²) < 4.78 is 0. The smallest absolute Gasteiger partial charge is 0.292 e. The Morgan fingerprint density at radius 3 is 2.76 bits per heavy atom. The number of amides is 1. The van der Waals surface area contributed by atoms with Crippen LogP contribution in [0.15, 0.2) is 18.2 Å². The monoisotopic (exact) mass is 292 g/mol. The lowest BCUT2D eigenvalue weighted by molar-refractivity contribution is -0.383. The standard InChI is InChI=1S/C14H20N4O3/c1-10(17-6-2-3-7-17)9-16-14(19)11-4-5-12(15)13(8-11)18(20)21/h4-5,8,10H,2-3,6-7,9,15H2,1H3,(H,16,19). The lowest BCUT2D eigenvalue weighted by atomic mass is 10.1. The number of nitro benzene ring substituents is 1. The number of carbonyl (C=O) groups excluding carboxylic acids is 1. The Balaban J connectivity index is 1.96. The highest BCUT2D eigenvalue weighted by atomic mass is 16.6. The van der Waals surface area contributed by atoms with Crippen LogP contribution in [0.4, 0.5) is 11.4 Å². The number of benzene rings is 1. The highest BCUT2D eigenvalue weighted by Crippen LogP contribution is 2.22. The van der Waals surface area contributed by atoms with Crippen LogP contribution in [0, 0.1) is 10.1 Å². The van der Waals surface area contributed by atoms with E-state index in [9.17, 15) is 14.9 Å². The molecule has 2 rings (SSSR count). The first kappa shape index (κ1) is 15.2. The van der Waals surface area contributed by atoms with Gasteiger partial charge in [-0.05, 0) is 45.0 Å². The number of nitrogens with zero attached hydrogens (tertiary/aromatic N) is 2. The molecule has 1 aliphatic heterocycles. The molecule has 1 fully saturated rings. The molecule has 0 bridgehead atoms. The van der Waals surface area contributed by atoms with Crippen LogP contribution in [-0.4, -0.2) is 41.4 Å². The normalized spacial score (nSPS) is 16.6. The van der Waals surface area contributed by atoms with Crippen LogP contribution in [0.25, 0.3) is 0 Å². The molecule has 1 unspecified atom stereocenters. The molecule has 3 N–H and O–H groups in total. The zero-order valence-corrected chi connectivity index (χ0v) is 12.0. The third kappa shape index (κ3) is 3.69. The molecule has 21 heavy (non-hydrogen) atoms. The van der Waals surface area contributed by atoms with Crippen molar-refractivity contribution in [3.8, 4) is 0 Å². The van der Waals surface area contributed by atoms with Gasteiger partial charge in [-0.1, -0.05) is 0 Å². The van der Waals surface area contributed by atoms with Crippen LogP contribution in [0.2, 0.25) is 0 Å². The predicted molar refractivity (Wildman–Crippen MR) is 80.1 cm³/mol. The molecular weight excluding hydrogens is 272 g/mol. The molecule has 1 heterocycles. The Bertz CT molecular complexity index is 541. The Morgan fingerprint density at radius 2 is 2.14 bits per heavy atom. The van der Waals surface area contributed by atoms with E-state index in [2.05, 4.69) is 17.1 Å². The van der Waals surface area contributed by atoms with Gasteiger partial charge in [0.2, 0.25) is 0 Å². The zero-order chi connectivity index (χ0) is 15.4. The number of nitrogens with two attached hydrogens (primary N) is 1. The van der Waals surface area contributed by atoms with Gasteiger partial charge < -0.3 is 11.1 Å². The number of hydrogen-bond acceptors (Lipinski definition) is 5. The van der Waals surface area contributed by atoms with Crippen molar-refractivity contribution in [3.05, 3.63) is 33.9 Å². The molecule has 114 valence electrons. The number of hydrogen-bond donors (Lipinski definition) is 2. The Morgan fingerprint density at radius 1 is 1.48 bits per heavy atom. The first-order valence-corrected chi connectivity index (χ1v) is 7.05. The second kappa shape index (κ2) is 6.53. The van der Waals surface area contributed by atoms with Crippen LogP contribution in [0.5, 0.6) is 0 Å². The Labute approximate surface area is 123 Å². The molecule has 1 aromatic carbocycles. The van der Waals surface area contributed by atoms with Gasteiger partial charge in [-0.2, -0.15) is 0 Å². The zero-order valence-electron chi connectivity index (χ0n) is 12.0. The van der Waals surface area contributed by atoms with Crippen LogP contribution in [0.1, 0.15) is 30.1 Å². The van der Waals surface area contributed by atoms with Crippen molar-refractivity contribution < 1.29 is 9.72 Å². The summed E-state index contributed by atoms with van der Waals surface area (Å²) >= 11 is 0. The van der Waals surface area contributed by atoms with Gasteiger partial charge in [-0.25, -0.2) is 0 Å². The number of nitro groups is 1. The molecule has 0 spiro atoms. The van der Waals surface area contributed by atoms with Crippen molar-refractivity contribution in [2.45, 2.75) is 25.8 Å². The molecule has 0 aromatic heterocycles. The fourth-order valence-electron chi connectivity index (χ4n) is 2.50. The van der Waals surface area contributed by atoms with Crippen LogP contribution in [-0.2, 0) is 0 Å². The molecular formula is C14H20N4O3. The van der Waals surface area contributed by atoms with E-state index in [1.54, 1.807) is 0 Å². The average molecular weight is 292 g/mol. The maximum atomic E-state index is 12.1. The van der Waals surface area contributed by atoms with Crippen molar-refractivity contribution >= 4 is 17.3 Å². The van der Waals surface area contributed by atoms with Gasteiger partial charge in [0.1, 0.15) is 5.69 Å². The van der Waals surface area contributed by atoms with E-state index in [0.717, 1.165) is 13.1 Å². The Kier molecular flexibility index (Phi) is 4.74. The molecule has 7 nitrogen and oxygen atoms in total. The van der Waals surface area contributed by atoms with E-state index in [0.29, 0.717) is 6.54 Å². The Hall–Kier alpha value is -2.15. The molecule has 1 aliphatic rings. The topological polar surface area (TPSA) is 102 Å². The maximum Gasteiger partial charge on any atom is 0.292 e. The van der Waals surface area contributed by atoms with Crippen molar-refractivity contribution in [1.29, 1.82) is 0 Å². The summed E-state index contributed by atoms with van der Waals surface area (Å²) in [6, 6.07) is 4.36. The largest absolute Gasteiger partial charge is 0.393 e. The second-order valence-corrected chi connectivity index (χ2v) is 5.33. The fraction of sp³-hybridized carbons (Fsp3) is 0.500. The third-order valence-corrected chi connectivity index (χ3v) is 3.81. The van der Waals surface area contributed by atoms with Gasteiger partial charge in [0, 0.05) is 24.2 Å². The number of likely N-dealkylation sites (tertiary alicyclic amines) is 1.